The largest absolute Gasteiger partial charge is 0.497 e. The van der Waals surface area contributed by atoms with Crippen molar-refractivity contribution in [2.75, 3.05) is 20.6 Å². The number of benzene rings is 5. The fraction of sp³-hybridized carbons (Fsp3) is 0.0857. The van der Waals surface area contributed by atoms with Gasteiger partial charge in [-0.05, 0) is 60.2 Å². The molecule has 0 N–H and O–H groups in total. The molecule has 0 saturated heterocycles. The highest BCUT2D eigenvalue weighted by Gasteiger charge is 2.20. The number of nitro benzene ring substituents is 1. The first-order valence-electron chi connectivity index (χ1n) is 13.3. The van der Waals surface area contributed by atoms with Crippen LogP contribution in [0, 0.1) is 10.1 Å². The van der Waals surface area contributed by atoms with Crippen molar-refractivity contribution in [1.82, 2.24) is 0 Å². The predicted molar refractivity (Wildman–Crippen MR) is 178 cm³/mol. The smallest absolute Gasteiger partial charge is 0.315 e. The number of non-ortho nitro benzene ring substituents is 1. The minimum atomic E-state index is -0.480. The summed E-state index contributed by atoms with van der Waals surface area (Å²) in [7, 11) is 2.61. The van der Waals surface area contributed by atoms with Gasteiger partial charge in [0.2, 0.25) is 5.58 Å². The highest BCUT2D eigenvalue weighted by Crippen LogP contribution is 2.37. The average Bonchev–Trinajstić information content (AvgIpc) is 3.51. The van der Waals surface area contributed by atoms with Gasteiger partial charge in [0.15, 0.2) is 0 Å². The summed E-state index contributed by atoms with van der Waals surface area (Å²) in [5.41, 5.74) is 0.927. The molecule has 0 amide bonds. The van der Waals surface area contributed by atoms with Crippen molar-refractivity contribution >= 4 is 52.1 Å². The van der Waals surface area contributed by atoms with Crippen LogP contribution in [0.3, 0.4) is 0 Å². The number of ether oxygens (including phenoxy) is 2. The van der Waals surface area contributed by atoms with E-state index in [1.165, 1.54) is 35.5 Å². The topological polar surface area (TPSA) is 74.7 Å². The lowest BCUT2D eigenvalue weighted by atomic mass is 10.1. The molecule has 1 heterocycles. The highest BCUT2D eigenvalue weighted by atomic mass is 35.5. The Morgan fingerprint density at radius 2 is 1.12 bits per heavy atom. The summed E-state index contributed by atoms with van der Waals surface area (Å²) in [5, 5.41) is 16.0. The molecule has 6 rings (SSSR count). The molecule has 5 aromatic carbocycles. The normalized spacial score (nSPS) is 10.3. The number of methoxy groups -OCH3 is 2. The summed E-state index contributed by atoms with van der Waals surface area (Å²) in [6.07, 6.45) is 1.47. The fourth-order valence-electron chi connectivity index (χ4n) is 4.44. The summed E-state index contributed by atoms with van der Waals surface area (Å²) in [5.74, 6) is 1.70. The Bertz CT molecular complexity index is 1630. The molecule has 6 nitrogen and oxygen atoms in total. The van der Waals surface area contributed by atoms with Gasteiger partial charge in [-0.25, -0.2) is 0 Å². The Balaban J connectivity index is 0.000000188. The van der Waals surface area contributed by atoms with E-state index in [0.29, 0.717) is 16.9 Å². The van der Waals surface area contributed by atoms with Crippen molar-refractivity contribution in [3.05, 3.63) is 144 Å². The van der Waals surface area contributed by atoms with Gasteiger partial charge in [-0.3, -0.25) is 10.1 Å². The van der Waals surface area contributed by atoms with Crippen LogP contribution in [0.25, 0.3) is 22.3 Å². The van der Waals surface area contributed by atoms with Gasteiger partial charge >= 0.3 is 5.69 Å². The maximum Gasteiger partial charge on any atom is 0.315 e. The molecule has 8 heteroatoms. The zero-order chi connectivity index (χ0) is 30.6. The summed E-state index contributed by atoms with van der Waals surface area (Å²) in [6.45, 7) is 0. The number of hydrogen-bond donors (Lipinski definition) is 0. The van der Waals surface area contributed by atoms with Crippen LogP contribution < -0.4 is 25.4 Å². The van der Waals surface area contributed by atoms with E-state index >= 15 is 0 Å². The molecule has 0 unspecified atom stereocenters. The molecule has 0 bridgehead atoms. The maximum atomic E-state index is 11.2. The standard InChI is InChI=1S/C18H15P.C16H13NO5.CH3Cl/c1-4-10-16(11-5-1)19(17-12-6-2-7-13-17)18-14-8-3-9-15-18;1-20-12-5-3-10(4-6-12)15-8-11-7-13(21-2)9-14(17(18)19)16(11)22-15;1-2/h1-15H;3-9H,1-2H3;1H3. The van der Waals surface area contributed by atoms with Gasteiger partial charge in [0.1, 0.15) is 17.3 Å². The molecular weight excluding hydrogens is 581 g/mol. The lowest BCUT2D eigenvalue weighted by Crippen LogP contribution is -2.20. The van der Waals surface area contributed by atoms with E-state index in [1.807, 2.05) is 12.1 Å². The van der Waals surface area contributed by atoms with Gasteiger partial charge in [0, 0.05) is 17.3 Å². The van der Waals surface area contributed by atoms with Crippen molar-refractivity contribution < 1.29 is 18.8 Å². The van der Waals surface area contributed by atoms with E-state index in [2.05, 4.69) is 103 Å². The molecule has 0 aliphatic heterocycles. The SMILES string of the molecule is CCl.COc1ccc(-c2cc3cc(OC)cc([N+](=O)[O-])c3o2)cc1.c1ccc(P(c2ccccc2)c2ccccc2)cc1. The molecule has 0 saturated carbocycles. The number of nitrogens with zero attached hydrogens (tertiary/aromatic N) is 1. The number of alkyl halides is 1. The van der Waals surface area contributed by atoms with E-state index in [4.69, 9.17) is 13.9 Å². The van der Waals surface area contributed by atoms with Crippen molar-refractivity contribution in [3.8, 4) is 22.8 Å². The van der Waals surface area contributed by atoms with Crippen LogP contribution in [0.4, 0.5) is 5.69 Å². The van der Waals surface area contributed by atoms with E-state index in [9.17, 15) is 10.1 Å². The van der Waals surface area contributed by atoms with Crippen LogP contribution in [0.2, 0.25) is 0 Å². The van der Waals surface area contributed by atoms with E-state index in [0.717, 1.165) is 11.3 Å². The van der Waals surface area contributed by atoms with E-state index in [-0.39, 0.29) is 11.3 Å². The molecule has 43 heavy (non-hydrogen) atoms. The van der Waals surface area contributed by atoms with Crippen LogP contribution in [0.1, 0.15) is 0 Å². The van der Waals surface area contributed by atoms with Gasteiger partial charge in [-0.2, -0.15) is 0 Å². The molecule has 0 fully saturated rings. The maximum absolute atomic E-state index is 11.2. The molecular formula is C35H31ClNO5P. The van der Waals surface area contributed by atoms with Gasteiger partial charge in [0.25, 0.3) is 0 Å². The molecule has 218 valence electrons. The second kappa shape index (κ2) is 15.5. The third-order valence-corrected chi connectivity index (χ3v) is 8.86. The Kier molecular flexibility index (Phi) is 11.3. The molecule has 0 aliphatic carbocycles. The summed E-state index contributed by atoms with van der Waals surface area (Å²) < 4.78 is 15.9. The first kappa shape index (κ1) is 31.3. The van der Waals surface area contributed by atoms with E-state index < -0.39 is 12.8 Å². The average molecular weight is 612 g/mol. The summed E-state index contributed by atoms with van der Waals surface area (Å²) in [6, 6.07) is 44.4. The van der Waals surface area contributed by atoms with Gasteiger partial charge < -0.3 is 13.9 Å². The lowest BCUT2D eigenvalue weighted by Gasteiger charge is -2.18. The second-order valence-electron chi connectivity index (χ2n) is 9.00. The number of hydrogen-bond acceptors (Lipinski definition) is 5. The number of fused-ring (bicyclic) bond motifs is 1. The van der Waals surface area contributed by atoms with Crippen LogP contribution in [0.15, 0.2) is 138 Å². The number of nitro groups is 1. The minimum Gasteiger partial charge on any atom is -0.497 e. The molecule has 0 aliphatic rings. The zero-order valence-electron chi connectivity index (χ0n) is 24.0. The number of furan rings is 1. The Hall–Kier alpha value is -4.64. The Morgan fingerprint density at radius 3 is 1.53 bits per heavy atom. The van der Waals surface area contributed by atoms with Crippen molar-refractivity contribution in [2.45, 2.75) is 0 Å². The van der Waals surface area contributed by atoms with Crippen molar-refractivity contribution in [3.63, 3.8) is 0 Å². The van der Waals surface area contributed by atoms with Gasteiger partial charge in [-0.1, -0.05) is 91.0 Å². The summed E-state index contributed by atoms with van der Waals surface area (Å²) >= 11 is 4.64. The second-order valence-corrected chi connectivity index (χ2v) is 11.2. The first-order chi connectivity index (χ1) is 21.1. The fourth-order valence-corrected chi connectivity index (χ4v) is 6.74. The van der Waals surface area contributed by atoms with Gasteiger partial charge in [0.05, 0.1) is 25.2 Å². The third kappa shape index (κ3) is 7.81. The van der Waals surface area contributed by atoms with Crippen LogP contribution >= 0.6 is 19.5 Å². The molecule has 0 radical (unpaired) electrons. The van der Waals surface area contributed by atoms with Gasteiger partial charge in [-0.15, -0.1) is 11.6 Å². The lowest BCUT2D eigenvalue weighted by molar-refractivity contribution is -0.383. The van der Waals surface area contributed by atoms with Crippen molar-refractivity contribution in [2.24, 2.45) is 0 Å². The van der Waals surface area contributed by atoms with Crippen LogP contribution in [0.5, 0.6) is 11.5 Å². The summed E-state index contributed by atoms with van der Waals surface area (Å²) in [4.78, 5) is 10.7. The molecule has 1 aromatic heterocycles. The quantitative estimate of drug-likeness (QED) is 0.0785. The molecule has 6 aromatic rings. The minimum absolute atomic E-state index is 0.117. The molecule has 0 spiro atoms. The number of halogens is 1. The first-order valence-corrected chi connectivity index (χ1v) is 15.4. The van der Waals surface area contributed by atoms with Crippen LogP contribution in [-0.2, 0) is 0 Å². The van der Waals surface area contributed by atoms with Crippen molar-refractivity contribution in [1.29, 1.82) is 0 Å². The van der Waals surface area contributed by atoms with Crippen LogP contribution in [-0.4, -0.2) is 25.5 Å². The van der Waals surface area contributed by atoms with E-state index in [1.54, 1.807) is 31.4 Å². The third-order valence-electron chi connectivity index (χ3n) is 6.42. The zero-order valence-corrected chi connectivity index (χ0v) is 25.7. The predicted octanol–water partition coefficient (Wildman–Crippen LogP) is 8.33. The Morgan fingerprint density at radius 1 is 0.651 bits per heavy atom. The Labute approximate surface area is 257 Å². The monoisotopic (exact) mass is 611 g/mol. The molecule has 0 atom stereocenters. The number of rotatable bonds is 7. The highest BCUT2D eigenvalue weighted by molar-refractivity contribution is 7.79.